The van der Waals surface area contributed by atoms with Crippen LogP contribution in [-0.2, 0) is 7.05 Å². The van der Waals surface area contributed by atoms with Crippen LogP contribution in [0.5, 0.6) is 0 Å². The van der Waals surface area contributed by atoms with Gasteiger partial charge in [0, 0.05) is 7.05 Å². The minimum absolute atomic E-state index is 0.134. The number of amides is 1. The molecule has 6 nitrogen and oxygen atoms in total. The molecule has 0 spiro atoms. The van der Waals surface area contributed by atoms with E-state index in [4.69, 9.17) is 0 Å². The van der Waals surface area contributed by atoms with Gasteiger partial charge < -0.3 is 5.32 Å². The minimum atomic E-state index is -0.195. The van der Waals surface area contributed by atoms with Crippen molar-refractivity contribution < 1.29 is 4.79 Å². The van der Waals surface area contributed by atoms with Crippen molar-refractivity contribution in [2.24, 2.45) is 12.0 Å². The molecule has 21 heavy (non-hydrogen) atoms. The number of aliphatic imine (C=N–C) groups is 1. The molecule has 1 aliphatic rings. The van der Waals surface area contributed by atoms with Gasteiger partial charge in [-0.15, -0.1) is 0 Å². The predicted molar refractivity (Wildman–Crippen MR) is 83.8 cm³/mol. The van der Waals surface area contributed by atoms with Gasteiger partial charge in [0.15, 0.2) is 5.69 Å². The first-order valence-electron chi connectivity index (χ1n) is 6.43. The number of carbonyl (C=O) groups is 1. The average molecular weight is 302 g/mol. The van der Waals surface area contributed by atoms with Gasteiger partial charge in [0.1, 0.15) is 5.84 Å². The van der Waals surface area contributed by atoms with Gasteiger partial charge in [0.2, 0.25) is 0 Å². The maximum absolute atomic E-state index is 12.6. The quantitative estimate of drug-likeness (QED) is 0.922. The summed E-state index contributed by atoms with van der Waals surface area (Å²) in [4.78, 5) is 28.1. The van der Waals surface area contributed by atoms with Crippen molar-refractivity contribution >= 4 is 28.5 Å². The number of amidine groups is 1. The van der Waals surface area contributed by atoms with Crippen LogP contribution in [0.1, 0.15) is 5.69 Å². The molecule has 2 aromatic rings. The summed E-state index contributed by atoms with van der Waals surface area (Å²) in [5.41, 5.74) is 1.70. The van der Waals surface area contributed by atoms with Crippen molar-refractivity contribution in [3.63, 3.8) is 0 Å². The molecule has 0 unspecified atom stereocenters. The summed E-state index contributed by atoms with van der Waals surface area (Å²) in [7, 11) is 1.81. The third-order valence-corrected chi connectivity index (χ3v) is 4.14. The van der Waals surface area contributed by atoms with E-state index in [0.717, 1.165) is 23.1 Å². The van der Waals surface area contributed by atoms with E-state index in [1.165, 1.54) is 0 Å². The second kappa shape index (κ2) is 5.25. The van der Waals surface area contributed by atoms with Gasteiger partial charge in [-0.05, 0) is 19.1 Å². The largest absolute Gasteiger partial charge is 0.304 e. The van der Waals surface area contributed by atoms with Gasteiger partial charge in [0.25, 0.3) is 10.8 Å². The van der Waals surface area contributed by atoms with Gasteiger partial charge in [-0.2, -0.15) is 0 Å². The van der Waals surface area contributed by atoms with Crippen LogP contribution in [0.3, 0.4) is 0 Å². The molecule has 1 aromatic carbocycles. The summed E-state index contributed by atoms with van der Waals surface area (Å²) in [5.74, 6) is 0.994. The van der Waals surface area contributed by atoms with Gasteiger partial charge in [-0.25, -0.2) is 9.67 Å². The van der Waals surface area contributed by atoms with Crippen LogP contribution >= 0.6 is 11.8 Å². The molecule has 1 saturated heterocycles. The van der Waals surface area contributed by atoms with Crippen molar-refractivity contribution in [3.8, 4) is 5.69 Å². The minimum Gasteiger partial charge on any atom is -0.304 e. The Labute approximate surface area is 125 Å². The van der Waals surface area contributed by atoms with E-state index in [1.54, 1.807) is 9.36 Å². The highest BCUT2D eigenvalue weighted by molar-refractivity contribution is 8.14. The molecule has 0 atom stereocenters. The summed E-state index contributed by atoms with van der Waals surface area (Å²) in [6, 6.07) is 9.39. The molecule has 3 rings (SSSR count). The number of hydrogen-bond donors (Lipinski definition) is 1. The Morgan fingerprint density at radius 3 is 2.57 bits per heavy atom. The number of benzene rings is 1. The van der Waals surface area contributed by atoms with Gasteiger partial charge in [-0.3, -0.25) is 14.3 Å². The average Bonchev–Trinajstić information content (AvgIpc) is 2.98. The predicted octanol–water partition coefficient (Wildman–Crippen LogP) is 1.97. The lowest BCUT2D eigenvalue weighted by Crippen LogP contribution is -2.21. The Bertz CT molecular complexity index is 789. The Balaban J connectivity index is 2.12. The third kappa shape index (κ3) is 2.40. The number of hydrogen-bond acceptors (Lipinski definition) is 4. The maximum atomic E-state index is 12.6. The van der Waals surface area contributed by atoms with E-state index >= 15 is 0 Å². The first-order valence-corrected chi connectivity index (χ1v) is 7.42. The molecule has 1 aliphatic heterocycles. The van der Waals surface area contributed by atoms with Gasteiger partial charge in [0.05, 0.1) is 17.1 Å². The van der Waals surface area contributed by atoms with Crippen molar-refractivity contribution in [1.82, 2.24) is 14.7 Å². The van der Waals surface area contributed by atoms with Gasteiger partial charge in [-0.1, -0.05) is 30.0 Å². The summed E-state index contributed by atoms with van der Waals surface area (Å²) >= 11 is 1.15. The SMILES string of the molecule is Cc1c(N=C2CSC(=O)N2)c(=O)n(-c2ccccc2)n1C. The second-order valence-corrected chi connectivity index (χ2v) is 5.62. The molecular weight excluding hydrogens is 288 g/mol. The van der Waals surface area contributed by atoms with Crippen LogP contribution in [0, 0.1) is 6.92 Å². The smallest absolute Gasteiger partial charge is 0.297 e. The highest BCUT2D eigenvalue weighted by atomic mass is 32.2. The molecule has 1 fully saturated rings. The molecule has 7 heteroatoms. The second-order valence-electron chi connectivity index (χ2n) is 4.67. The number of nitrogens with one attached hydrogen (secondary N) is 1. The highest BCUT2D eigenvalue weighted by Crippen LogP contribution is 2.19. The van der Waals surface area contributed by atoms with Crippen LogP contribution in [0.4, 0.5) is 10.5 Å². The molecule has 1 aromatic heterocycles. The van der Waals surface area contributed by atoms with E-state index in [-0.39, 0.29) is 10.8 Å². The van der Waals surface area contributed by atoms with E-state index in [1.807, 2.05) is 44.3 Å². The van der Waals surface area contributed by atoms with E-state index in [2.05, 4.69) is 10.3 Å². The van der Waals surface area contributed by atoms with Crippen LogP contribution in [0.15, 0.2) is 40.1 Å². The highest BCUT2D eigenvalue weighted by Gasteiger charge is 2.20. The Morgan fingerprint density at radius 1 is 1.24 bits per heavy atom. The molecular formula is C14H14N4O2S. The molecule has 0 radical (unpaired) electrons. The Kier molecular flexibility index (Phi) is 3.42. The summed E-state index contributed by atoms with van der Waals surface area (Å²) in [6.45, 7) is 1.84. The standard InChI is InChI=1S/C14H14N4O2S/c1-9-12(15-11-8-21-14(20)16-11)13(19)18(17(9)2)10-6-4-3-5-7-10/h3-7H,8H2,1-2H3,(H,15,16,20). The fourth-order valence-electron chi connectivity index (χ4n) is 2.20. The Hall–Kier alpha value is -2.28. The molecule has 1 N–H and O–H groups in total. The summed E-state index contributed by atoms with van der Waals surface area (Å²) in [6.07, 6.45) is 0. The molecule has 0 saturated carbocycles. The van der Waals surface area contributed by atoms with E-state index < -0.39 is 0 Å². The fourth-order valence-corrected chi connectivity index (χ4v) is 2.80. The number of nitrogens with zero attached hydrogens (tertiary/aromatic N) is 3. The zero-order valence-corrected chi connectivity index (χ0v) is 12.5. The molecule has 108 valence electrons. The van der Waals surface area contributed by atoms with E-state index in [9.17, 15) is 9.59 Å². The lowest BCUT2D eigenvalue weighted by Gasteiger charge is -2.07. The van der Waals surface area contributed by atoms with E-state index in [0.29, 0.717) is 17.3 Å². The number of aromatic nitrogens is 2. The number of rotatable bonds is 2. The van der Waals surface area contributed by atoms with Crippen LogP contribution in [-0.4, -0.2) is 26.2 Å². The Morgan fingerprint density at radius 2 is 1.95 bits per heavy atom. The fraction of sp³-hybridized carbons (Fsp3) is 0.214. The lowest BCUT2D eigenvalue weighted by molar-refractivity contribution is 0.265. The third-order valence-electron chi connectivity index (χ3n) is 3.36. The normalized spacial score (nSPS) is 16.5. The number of para-hydroxylation sites is 1. The summed E-state index contributed by atoms with van der Waals surface area (Å²) in [5, 5.41) is 2.51. The van der Waals surface area contributed by atoms with Crippen LogP contribution in [0.2, 0.25) is 0 Å². The monoisotopic (exact) mass is 302 g/mol. The van der Waals surface area contributed by atoms with Crippen molar-refractivity contribution in [2.75, 3.05) is 5.75 Å². The van der Waals surface area contributed by atoms with Gasteiger partial charge >= 0.3 is 0 Å². The molecule has 0 bridgehead atoms. The van der Waals surface area contributed by atoms with Crippen molar-refractivity contribution in [3.05, 3.63) is 46.4 Å². The molecule has 2 heterocycles. The van der Waals surface area contributed by atoms with Crippen molar-refractivity contribution in [1.29, 1.82) is 0 Å². The number of thioether (sulfide) groups is 1. The zero-order valence-electron chi connectivity index (χ0n) is 11.7. The van der Waals surface area contributed by atoms with Crippen LogP contribution < -0.4 is 10.9 Å². The summed E-state index contributed by atoms with van der Waals surface area (Å²) < 4.78 is 3.33. The topological polar surface area (TPSA) is 68.4 Å². The zero-order chi connectivity index (χ0) is 15.0. The van der Waals surface area contributed by atoms with Crippen molar-refractivity contribution in [2.45, 2.75) is 6.92 Å². The molecule has 1 amide bonds. The molecule has 0 aliphatic carbocycles. The number of carbonyl (C=O) groups excluding carboxylic acids is 1. The first kappa shape index (κ1) is 13.7. The van der Waals surface area contributed by atoms with Crippen LogP contribution in [0.25, 0.3) is 5.69 Å². The first-order chi connectivity index (χ1) is 10.1. The maximum Gasteiger partial charge on any atom is 0.297 e. The lowest BCUT2D eigenvalue weighted by atomic mass is 10.3.